The third-order valence-electron chi connectivity index (χ3n) is 5.54. The molecule has 0 aliphatic carbocycles. The predicted molar refractivity (Wildman–Crippen MR) is 132 cm³/mol. The van der Waals surface area contributed by atoms with E-state index < -0.39 is 23.9 Å². The number of carbonyl (C=O) groups is 3. The molecule has 0 saturated heterocycles. The number of hydrogen-bond donors (Lipinski definition) is 3. The zero-order valence-corrected chi connectivity index (χ0v) is 21.0. The van der Waals surface area contributed by atoms with Crippen molar-refractivity contribution in [2.45, 2.75) is 52.9 Å². The second kappa shape index (κ2) is 11.6. The molecule has 2 aromatic rings. The highest BCUT2D eigenvalue weighted by atomic mass is 35.5. The molecule has 1 aliphatic heterocycles. The van der Waals surface area contributed by atoms with Gasteiger partial charge in [0.15, 0.2) is 0 Å². The molecular weight excluding hydrogens is 476 g/mol. The average Bonchev–Trinajstić information content (AvgIpc) is 3.21. The Morgan fingerprint density at radius 2 is 1.97 bits per heavy atom. The van der Waals surface area contributed by atoms with Crippen LogP contribution in [0.1, 0.15) is 41.8 Å². The van der Waals surface area contributed by atoms with Gasteiger partial charge in [-0.25, -0.2) is 5.43 Å². The average molecular weight is 505 g/mol. The summed E-state index contributed by atoms with van der Waals surface area (Å²) in [5.41, 5.74) is 12.6. The SMILES string of the molecule is CC(=O)OC(C(=O)NCc1cc(C)ccc1CN)C1=C(C)CCN(NCc2ccc(Cl)s2)C1=O. The van der Waals surface area contributed by atoms with Crippen LogP contribution in [0, 0.1) is 6.92 Å². The van der Waals surface area contributed by atoms with Gasteiger partial charge in [0.1, 0.15) is 0 Å². The number of amides is 2. The van der Waals surface area contributed by atoms with Gasteiger partial charge in [-0.3, -0.25) is 19.4 Å². The van der Waals surface area contributed by atoms with Crippen molar-refractivity contribution in [3.63, 3.8) is 0 Å². The van der Waals surface area contributed by atoms with Gasteiger partial charge < -0.3 is 15.8 Å². The van der Waals surface area contributed by atoms with E-state index in [1.165, 1.54) is 23.3 Å². The van der Waals surface area contributed by atoms with Crippen LogP contribution in [0.25, 0.3) is 0 Å². The maximum absolute atomic E-state index is 13.3. The van der Waals surface area contributed by atoms with Crippen molar-refractivity contribution in [3.05, 3.63) is 67.4 Å². The lowest BCUT2D eigenvalue weighted by Crippen LogP contribution is -2.51. The molecule has 34 heavy (non-hydrogen) atoms. The summed E-state index contributed by atoms with van der Waals surface area (Å²) < 4.78 is 6.01. The molecular formula is C24H29ClN4O4S. The zero-order chi connectivity index (χ0) is 24.8. The van der Waals surface area contributed by atoms with Gasteiger partial charge in [0.05, 0.1) is 9.91 Å². The second-order valence-corrected chi connectivity index (χ2v) is 9.92. The smallest absolute Gasteiger partial charge is 0.303 e. The van der Waals surface area contributed by atoms with Gasteiger partial charge in [-0.2, -0.15) is 0 Å². The molecule has 0 fully saturated rings. The Morgan fingerprint density at radius 1 is 1.21 bits per heavy atom. The zero-order valence-electron chi connectivity index (χ0n) is 19.4. The summed E-state index contributed by atoms with van der Waals surface area (Å²) >= 11 is 7.40. The van der Waals surface area contributed by atoms with Crippen LogP contribution < -0.4 is 16.5 Å². The molecule has 0 spiro atoms. The van der Waals surface area contributed by atoms with E-state index in [1.807, 2.05) is 31.2 Å². The highest BCUT2D eigenvalue weighted by molar-refractivity contribution is 7.16. The van der Waals surface area contributed by atoms with Crippen molar-refractivity contribution in [3.8, 4) is 0 Å². The number of benzene rings is 1. The minimum absolute atomic E-state index is 0.166. The highest BCUT2D eigenvalue weighted by Gasteiger charge is 2.37. The molecule has 1 aliphatic rings. The van der Waals surface area contributed by atoms with E-state index in [4.69, 9.17) is 22.1 Å². The molecule has 1 unspecified atom stereocenters. The van der Waals surface area contributed by atoms with Crippen molar-refractivity contribution in [2.75, 3.05) is 6.54 Å². The van der Waals surface area contributed by atoms with Crippen molar-refractivity contribution in [1.82, 2.24) is 15.8 Å². The number of esters is 1. The third-order valence-corrected chi connectivity index (χ3v) is 6.77. The lowest BCUT2D eigenvalue weighted by molar-refractivity contribution is -0.153. The van der Waals surface area contributed by atoms with Gasteiger partial charge in [-0.05, 0) is 43.5 Å². The first-order chi connectivity index (χ1) is 16.2. The molecule has 1 atom stereocenters. The number of thiophene rings is 1. The van der Waals surface area contributed by atoms with Crippen molar-refractivity contribution in [2.24, 2.45) is 5.73 Å². The molecule has 10 heteroatoms. The number of ether oxygens (including phenoxy) is 1. The first-order valence-electron chi connectivity index (χ1n) is 10.9. The first-order valence-corrected chi connectivity index (χ1v) is 12.1. The number of nitrogens with two attached hydrogens (primary N) is 1. The van der Waals surface area contributed by atoms with E-state index in [0.29, 0.717) is 36.0 Å². The number of nitrogens with zero attached hydrogens (tertiary/aromatic N) is 1. The third kappa shape index (κ3) is 6.44. The Kier molecular flexibility index (Phi) is 8.84. The summed E-state index contributed by atoms with van der Waals surface area (Å²) in [6, 6.07) is 9.49. The monoisotopic (exact) mass is 504 g/mol. The standard InChI is InChI=1S/C24H29ClN4O4S/c1-14-4-5-17(11-26)18(10-14)12-27-23(31)22(33-16(3)30)21-15(2)8-9-29(24(21)32)28-13-19-6-7-20(25)34-19/h4-7,10,22,28H,8-9,11-13,26H2,1-3H3,(H,27,31). The maximum atomic E-state index is 13.3. The van der Waals surface area contributed by atoms with Crippen molar-refractivity contribution >= 4 is 40.7 Å². The molecule has 2 amide bonds. The van der Waals surface area contributed by atoms with Crippen LogP contribution in [-0.2, 0) is 38.8 Å². The summed E-state index contributed by atoms with van der Waals surface area (Å²) in [7, 11) is 0. The molecule has 1 aromatic heterocycles. The topological polar surface area (TPSA) is 114 Å². The summed E-state index contributed by atoms with van der Waals surface area (Å²) in [5.74, 6) is -1.61. The Balaban J connectivity index is 1.76. The number of hydrogen-bond acceptors (Lipinski definition) is 7. The van der Waals surface area contributed by atoms with Crippen LogP contribution in [0.5, 0.6) is 0 Å². The summed E-state index contributed by atoms with van der Waals surface area (Å²) in [4.78, 5) is 39.3. The number of carbonyl (C=O) groups excluding carboxylic acids is 3. The fourth-order valence-corrected chi connectivity index (χ4v) is 4.77. The molecule has 3 rings (SSSR count). The lowest BCUT2D eigenvalue weighted by Gasteiger charge is -2.32. The summed E-state index contributed by atoms with van der Waals surface area (Å²) in [6.45, 7) is 6.32. The van der Waals surface area contributed by atoms with Crippen LogP contribution in [0.2, 0.25) is 4.34 Å². The number of halogens is 1. The molecule has 182 valence electrons. The van der Waals surface area contributed by atoms with Crippen molar-refractivity contribution < 1.29 is 19.1 Å². The van der Waals surface area contributed by atoms with E-state index >= 15 is 0 Å². The first kappa shape index (κ1) is 25.9. The van der Waals surface area contributed by atoms with E-state index in [9.17, 15) is 14.4 Å². The number of aryl methyl sites for hydroxylation is 1. The second-order valence-electron chi connectivity index (χ2n) is 8.13. The fraction of sp³-hybridized carbons (Fsp3) is 0.375. The van der Waals surface area contributed by atoms with Crippen molar-refractivity contribution in [1.29, 1.82) is 0 Å². The molecule has 4 N–H and O–H groups in total. The minimum atomic E-state index is -1.35. The van der Waals surface area contributed by atoms with Gasteiger partial charge in [-0.1, -0.05) is 40.9 Å². The minimum Gasteiger partial charge on any atom is -0.447 e. The summed E-state index contributed by atoms with van der Waals surface area (Å²) in [5, 5.41) is 4.26. The van der Waals surface area contributed by atoms with Gasteiger partial charge in [-0.15, -0.1) is 11.3 Å². The van der Waals surface area contributed by atoms with Crippen LogP contribution >= 0.6 is 22.9 Å². The largest absolute Gasteiger partial charge is 0.447 e. The van der Waals surface area contributed by atoms with Crippen LogP contribution in [0.3, 0.4) is 0 Å². The van der Waals surface area contributed by atoms with E-state index in [2.05, 4.69) is 10.7 Å². The molecule has 2 heterocycles. The van der Waals surface area contributed by atoms with Crippen LogP contribution in [0.4, 0.5) is 0 Å². The highest BCUT2D eigenvalue weighted by Crippen LogP contribution is 2.25. The number of hydrazine groups is 1. The maximum Gasteiger partial charge on any atom is 0.303 e. The quantitative estimate of drug-likeness (QED) is 0.452. The number of nitrogens with one attached hydrogen (secondary N) is 2. The summed E-state index contributed by atoms with van der Waals surface area (Å²) in [6.07, 6.45) is -0.809. The Labute approximate surface area is 208 Å². The van der Waals surface area contributed by atoms with Crippen LogP contribution in [0.15, 0.2) is 41.5 Å². The normalized spacial score (nSPS) is 14.9. The Bertz CT molecular complexity index is 1110. The van der Waals surface area contributed by atoms with E-state index in [0.717, 1.165) is 21.6 Å². The molecule has 0 radical (unpaired) electrons. The number of rotatable bonds is 9. The van der Waals surface area contributed by atoms with Gasteiger partial charge >= 0.3 is 5.97 Å². The van der Waals surface area contributed by atoms with Gasteiger partial charge in [0.2, 0.25) is 6.10 Å². The van der Waals surface area contributed by atoms with Crippen LogP contribution in [-0.4, -0.2) is 35.4 Å². The molecule has 1 aromatic carbocycles. The van der Waals surface area contributed by atoms with E-state index in [1.54, 1.807) is 13.0 Å². The lowest BCUT2D eigenvalue weighted by atomic mass is 9.96. The Morgan fingerprint density at radius 3 is 2.62 bits per heavy atom. The molecule has 0 bridgehead atoms. The molecule has 0 saturated carbocycles. The van der Waals surface area contributed by atoms with Gasteiger partial charge in [0.25, 0.3) is 11.8 Å². The fourth-order valence-electron chi connectivity index (χ4n) is 3.75. The Hall–Kier alpha value is -2.72. The molecule has 8 nitrogen and oxygen atoms in total. The van der Waals surface area contributed by atoms with E-state index in [-0.39, 0.29) is 12.1 Å². The van der Waals surface area contributed by atoms with Gasteiger partial charge in [0, 0.05) is 38.0 Å². The predicted octanol–water partition coefficient (Wildman–Crippen LogP) is 2.97.